The van der Waals surface area contributed by atoms with Crippen LogP contribution in [-0.2, 0) is 26.2 Å². The van der Waals surface area contributed by atoms with Crippen LogP contribution in [0.2, 0.25) is 0 Å². The Morgan fingerprint density at radius 1 is 1.21 bits per heavy atom. The molecule has 0 bridgehead atoms. The summed E-state index contributed by atoms with van der Waals surface area (Å²) in [6.07, 6.45) is 5.21. The molecule has 2 rings (SSSR count). The van der Waals surface area contributed by atoms with Crippen LogP contribution in [-0.4, -0.2) is 17.3 Å². The predicted molar refractivity (Wildman–Crippen MR) is 88.9 cm³/mol. The molecule has 0 amide bonds. The molecule has 0 aliphatic heterocycles. The second kappa shape index (κ2) is 10.8. The molecule has 0 aromatic heterocycles. The maximum absolute atomic E-state index is 9.06. The van der Waals surface area contributed by atoms with Crippen LogP contribution in [0.3, 0.4) is 0 Å². The first-order valence-corrected chi connectivity index (χ1v) is 7.66. The van der Waals surface area contributed by atoms with Crippen LogP contribution in [0.5, 0.6) is 0 Å². The fourth-order valence-corrected chi connectivity index (χ4v) is 2.74. The molecule has 5 heteroatoms. The number of rotatable bonds is 4. The Labute approximate surface area is 177 Å². The smallest absolute Gasteiger partial charge is 1.00 e. The van der Waals surface area contributed by atoms with Crippen LogP contribution in [0.1, 0.15) is 53.0 Å². The Morgan fingerprint density at radius 2 is 1.83 bits per heavy atom. The number of halogens is 2. The standard InChI is InChI=1S/C19H26NO.2ClH.Zr/c1-13(8-7-11-21)16-10-6-9-15-12-14(2)18(17(15)16)20-19(3,4)5;;;/h6,9-10,20-21H,7-8,11H2,1-5H3;2*1H;/q-1;;;+3/p-2. The van der Waals surface area contributed by atoms with E-state index in [1.165, 1.54) is 32.8 Å². The third-order valence-electron chi connectivity index (χ3n) is 3.68. The molecule has 0 unspecified atom stereocenters. The van der Waals surface area contributed by atoms with Gasteiger partial charge >= 0.3 is 26.2 Å². The Kier molecular flexibility index (Phi) is 11.8. The number of benzene rings is 1. The summed E-state index contributed by atoms with van der Waals surface area (Å²) < 4.78 is 0. The van der Waals surface area contributed by atoms with Crippen molar-refractivity contribution in [3.8, 4) is 0 Å². The summed E-state index contributed by atoms with van der Waals surface area (Å²) in [5.41, 5.74) is 4.87. The molecule has 0 atom stereocenters. The minimum absolute atomic E-state index is 0. The van der Waals surface area contributed by atoms with Crippen LogP contribution in [0.4, 0.5) is 0 Å². The molecule has 1 aromatic carbocycles. The molecular formula is C19H26Cl2NOZr. The van der Waals surface area contributed by atoms with E-state index >= 15 is 0 Å². The van der Waals surface area contributed by atoms with Gasteiger partial charge in [-0.05, 0) is 40.5 Å². The first-order valence-electron chi connectivity index (χ1n) is 7.66. The number of aliphatic hydroxyl groups excluding tert-OH is 1. The number of nitrogens with one attached hydrogen (secondary N) is 1. The molecule has 0 fully saturated rings. The number of hydrogen-bond acceptors (Lipinski definition) is 2. The molecular weight excluding hydrogens is 420 g/mol. The van der Waals surface area contributed by atoms with Gasteiger partial charge in [0.1, 0.15) is 0 Å². The van der Waals surface area contributed by atoms with E-state index in [-0.39, 0.29) is 63.2 Å². The van der Waals surface area contributed by atoms with Gasteiger partial charge < -0.3 is 35.2 Å². The fourth-order valence-electron chi connectivity index (χ4n) is 2.74. The van der Waals surface area contributed by atoms with Crippen molar-refractivity contribution in [2.75, 3.05) is 6.61 Å². The van der Waals surface area contributed by atoms with Gasteiger partial charge in [-0.1, -0.05) is 29.5 Å². The first kappa shape index (κ1) is 26.2. The van der Waals surface area contributed by atoms with Gasteiger partial charge in [0.05, 0.1) is 0 Å². The average Bonchev–Trinajstić information content (AvgIpc) is 2.70. The van der Waals surface area contributed by atoms with E-state index in [4.69, 9.17) is 5.11 Å². The summed E-state index contributed by atoms with van der Waals surface area (Å²) in [5, 5.41) is 15.2. The molecule has 24 heavy (non-hydrogen) atoms. The molecule has 1 aromatic rings. The minimum atomic E-state index is 0. The molecule has 2 N–H and O–H groups in total. The zero-order chi connectivity index (χ0) is 15.6. The van der Waals surface area contributed by atoms with Crippen molar-refractivity contribution < 1.29 is 56.1 Å². The summed E-state index contributed by atoms with van der Waals surface area (Å²) in [4.78, 5) is 0. The third kappa shape index (κ3) is 6.33. The Morgan fingerprint density at radius 3 is 2.38 bits per heavy atom. The molecule has 0 heterocycles. The van der Waals surface area contributed by atoms with E-state index in [0.717, 1.165) is 12.8 Å². The zero-order valence-corrected chi connectivity index (χ0v) is 19.0. The van der Waals surface area contributed by atoms with E-state index in [9.17, 15) is 0 Å². The van der Waals surface area contributed by atoms with Crippen LogP contribution in [0, 0.1) is 6.08 Å². The molecule has 1 aliphatic rings. The normalized spacial score (nSPS) is 13.8. The SMILES string of the molecule is CC1=[C-]c2cccc(=C(C)CCCO)c2=C1NC(C)(C)C.[Cl-].[Cl-].[Zr+3]. The number of aliphatic hydroxyl groups is 1. The summed E-state index contributed by atoms with van der Waals surface area (Å²) in [7, 11) is 0. The molecule has 1 aliphatic carbocycles. The van der Waals surface area contributed by atoms with Crippen LogP contribution >= 0.6 is 0 Å². The van der Waals surface area contributed by atoms with Crippen molar-refractivity contribution in [2.45, 2.75) is 53.0 Å². The summed E-state index contributed by atoms with van der Waals surface area (Å²) in [6.45, 7) is 11.0. The summed E-state index contributed by atoms with van der Waals surface area (Å²) >= 11 is 0. The van der Waals surface area contributed by atoms with Gasteiger partial charge in [0.2, 0.25) is 0 Å². The second-order valence-corrected chi connectivity index (χ2v) is 6.84. The molecule has 131 valence electrons. The Bertz CT molecular complexity index is 690. The van der Waals surface area contributed by atoms with Crippen molar-refractivity contribution in [3.05, 3.63) is 45.8 Å². The molecule has 0 spiro atoms. The summed E-state index contributed by atoms with van der Waals surface area (Å²) in [5.74, 6) is 0. The second-order valence-electron chi connectivity index (χ2n) is 6.84. The van der Waals surface area contributed by atoms with Gasteiger partial charge in [-0.25, -0.2) is 0 Å². The van der Waals surface area contributed by atoms with E-state index < -0.39 is 0 Å². The summed E-state index contributed by atoms with van der Waals surface area (Å²) in [6, 6.07) is 6.39. The van der Waals surface area contributed by atoms with Crippen molar-refractivity contribution in [3.63, 3.8) is 0 Å². The van der Waals surface area contributed by atoms with Crippen molar-refractivity contribution in [1.82, 2.24) is 5.32 Å². The Hall–Kier alpha value is -0.0769. The maximum atomic E-state index is 9.06. The average molecular weight is 447 g/mol. The monoisotopic (exact) mass is 444 g/mol. The third-order valence-corrected chi connectivity index (χ3v) is 3.68. The van der Waals surface area contributed by atoms with E-state index in [2.05, 4.69) is 64.2 Å². The predicted octanol–water partition coefficient (Wildman–Crippen LogP) is -3.76. The minimum Gasteiger partial charge on any atom is -1.00 e. The van der Waals surface area contributed by atoms with Crippen LogP contribution < -0.4 is 40.6 Å². The van der Waals surface area contributed by atoms with Gasteiger partial charge in [0.25, 0.3) is 0 Å². The van der Waals surface area contributed by atoms with E-state index in [0.29, 0.717) is 0 Å². The first-order chi connectivity index (χ1) is 9.83. The molecule has 1 radical (unpaired) electrons. The van der Waals surface area contributed by atoms with E-state index in [1.54, 1.807) is 0 Å². The van der Waals surface area contributed by atoms with E-state index in [1.807, 2.05) is 0 Å². The van der Waals surface area contributed by atoms with Crippen LogP contribution in [0.15, 0.2) is 23.8 Å². The number of fused-ring (bicyclic) bond motifs is 1. The van der Waals surface area contributed by atoms with Gasteiger partial charge in [-0.3, -0.25) is 0 Å². The number of hydrogen-bond donors (Lipinski definition) is 2. The van der Waals surface area contributed by atoms with Gasteiger partial charge in [0.15, 0.2) is 0 Å². The maximum Gasteiger partial charge on any atom is 3.00 e. The van der Waals surface area contributed by atoms with Gasteiger partial charge in [-0.2, -0.15) is 0 Å². The van der Waals surface area contributed by atoms with Crippen LogP contribution in [0.25, 0.3) is 11.3 Å². The van der Waals surface area contributed by atoms with Gasteiger partial charge in [0, 0.05) is 12.1 Å². The van der Waals surface area contributed by atoms with Gasteiger partial charge in [-0.15, -0.1) is 34.6 Å². The van der Waals surface area contributed by atoms with Crippen molar-refractivity contribution in [1.29, 1.82) is 0 Å². The largest absolute Gasteiger partial charge is 3.00 e. The quantitative estimate of drug-likeness (QED) is 0.466. The topological polar surface area (TPSA) is 32.3 Å². The molecule has 0 saturated heterocycles. The van der Waals surface area contributed by atoms with Crippen molar-refractivity contribution in [2.24, 2.45) is 0 Å². The fraction of sp³-hybridized carbons (Fsp3) is 0.474. The molecule has 0 saturated carbocycles. The van der Waals surface area contributed by atoms with Crippen molar-refractivity contribution >= 4 is 11.3 Å². The zero-order valence-electron chi connectivity index (χ0n) is 15.1. The molecule has 2 nitrogen and oxygen atoms in total. The Balaban J connectivity index is 0.